The van der Waals surface area contributed by atoms with E-state index >= 15 is 0 Å². The minimum atomic E-state index is -0.808. The summed E-state index contributed by atoms with van der Waals surface area (Å²) in [6, 6.07) is 22.1. The summed E-state index contributed by atoms with van der Waals surface area (Å²) in [5, 5.41) is 19.4. The third kappa shape index (κ3) is 2.91. The van der Waals surface area contributed by atoms with Crippen molar-refractivity contribution < 1.29 is 0 Å². The highest BCUT2D eigenvalue weighted by atomic mass is 14.4. The van der Waals surface area contributed by atoms with Gasteiger partial charge >= 0.3 is 0 Å². The fraction of sp³-hybridized carbons (Fsp3) is 0.0909. The van der Waals surface area contributed by atoms with Gasteiger partial charge in [-0.15, -0.1) is 0 Å². The monoisotopic (exact) mass is 308 g/mol. The molecule has 0 spiro atoms. The van der Waals surface area contributed by atoms with E-state index in [9.17, 15) is 10.5 Å². The lowest BCUT2D eigenvalue weighted by atomic mass is 9.69. The van der Waals surface area contributed by atoms with Crippen molar-refractivity contribution in [3.05, 3.63) is 102 Å². The first-order valence-corrected chi connectivity index (χ1v) is 7.80. The Bertz CT molecular complexity index is 892. The quantitative estimate of drug-likeness (QED) is 0.801. The largest absolute Gasteiger partial charge is 0.197 e. The maximum absolute atomic E-state index is 9.95. The molecule has 0 amide bonds. The van der Waals surface area contributed by atoms with E-state index in [1.54, 1.807) is 6.07 Å². The first-order chi connectivity index (χ1) is 11.8. The Kier molecular flexibility index (Phi) is 4.41. The van der Waals surface area contributed by atoms with Gasteiger partial charge in [0.25, 0.3) is 0 Å². The van der Waals surface area contributed by atoms with Crippen LogP contribution in [0.25, 0.3) is 6.08 Å². The van der Waals surface area contributed by atoms with E-state index in [4.69, 9.17) is 0 Å². The zero-order chi connectivity index (χ0) is 16.8. The first-order valence-electron chi connectivity index (χ1n) is 7.80. The van der Waals surface area contributed by atoms with Crippen LogP contribution >= 0.6 is 0 Å². The van der Waals surface area contributed by atoms with Crippen molar-refractivity contribution in [2.24, 2.45) is 5.41 Å². The number of allylic oxidation sites excluding steroid dienone is 5. The van der Waals surface area contributed by atoms with Gasteiger partial charge in [0, 0.05) is 5.92 Å². The molecule has 2 atom stereocenters. The molecule has 0 fully saturated rings. The molecule has 0 N–H and O–H groups in total. The fourth-order valence-electron chi connectivity index (χ4n) is 2.99. The van der Waals surface area contributed by atoms with E-state index in [0.29, 0.717) is 5.56 Å². The summed E-state index contributed by atoms with van der Waals surface area (Å²) in [5.41, 5.74) is 1.72. The third-order valence-corrected chi connectivity index (χ3v) is 4.26. The van der Waals surface area contributed by atoms with Crippen molar-refractivity contribution in [1.82, 2.24) is 0 Å². The predicted molar refractivity (Wildman–Crippen MR) is 95.7 cm³/mol. The van der Waals surface area contributed by atoms with E-state index in [0.717, 1.165) is 11.1 Å². The Morgan fingerprint density at radius 2 is 1.67 bits per heavy atom. The summed E-state index contributed by atoms with van der Waals surface area (Å²) in [4.78, 5) is 0. The molecule has 0 bridgehead atoms. The predicted octanol–water partition coefficient (Wildman–Crippen LogP) is 4.99. The summed E-state index contributed by atoms with van der Waals surface area (Å²) < 4.78 is 0. The molecule has 0 saturated carbocycles. The van der Waals surface area contributed by atoms with E-state index in [2.05, 4.69) is 12.1 Å². The third-order valence-electron chi connectivity index (χ3n) is 4.26. The molecule has 24 heavy (non-hydrogen) atoms. The van der Waals surface area contributed by atoms with Crippen LogP contribution in [0.5, 0.6) is 0 Å². The van der Waals surface area contributed by atoms with Crippen LogP contribution < -0.4 is 0 Å². The van der Waals surface area contributed by atoms with Crippen molar-refractivity contribution in [3.63, 3.8) is 0 Å². The molecule has 1 aliphatic carbocycles. The smallest absolute Gasteiger partial charge is 0.104 e. The van der Waals surface area contributed by atoms with Gasteiger partial charge in [-0.3, -0.25) is 0 Å². The molecule has 0 radical (unpaired) electrons. The summed E-state index contributed by atoms with van der Waals surface area (Å²) in [7, 11) is 0. The lowest BCUT2D eigenvalue weighted by Gasteiger charge is -2.30. The molecular weight excluding hydrogens is 292 g/mol. The molecule has 0 aromatic heterocycles. The van der Waals surface area contributed by atoms with Crippen molar-refractivity contribution in [2.75, 3.05) is 0 Å². The summed E-state index contributed by atoms with van der Waals surface area (Å²) >= 11 is 0. The molecule has 1 aliphatic rings. The zero-order valence-corrected chi connectivity index (χ0v) is 13.1. The van der Waals surface area contributed by atoms with Crippen LogP contribution in [0.1, 0.15) is 22.6 Å². The summed E-state index contributed by atoms with van der Waals surface area (Å²) in [5.74, 6) is -0.191. The van der Waals surface area contributed by atoms with Gasteiger partial charge in [0.15, 0.2) is 0 Å². The van der Waals surface area contributed by atoms with Crippen LogP contribution in [0.3, 0.4) is 0 Å². The Morgan fingerprint density at radius 3 is 2.42 bits per heavy atom. The second kappa shape index (κ2) is 6.82. The number of nitriles is 2. The van der Waals surface area contributed by atoms with Gasteiger partial charge in [-0.25, -0.2) is 0 Å². The lowest BCUT2D eigenvalue weighted by Crippen LogP contribution is -2.24. The average molecular weight is 308 g/mol. The van der Waals surface area contributed by atoms with Crippen LogP contribution in [0.15, 0.2) is 85.0 Å². The van der Waals surface area contributed by atoms with E-state index in [1.807, 2.05) is 85.0 Å². The maximum Gasteiger partial charge on any atom is 0.104 e. The normalized spacial score (nSPS) is 22.2. The molecule has 3 rings (SSSR count). The molecule has 2 nitrogen and oxygen atoms in total. The van der Waals surface area contributed by atoms with Crippen LogP contribution in [-0.2, 0) is 0 Å². The lowest BCUT2D eigenvalue weighted by molar-refractivity contribution is 0.564. The molecule has 114 valence electrons. The molecule has 0 saturated heterocycles. The Labute approximate surface area is 142 Å². The number of hydrogen-bond acceptors (Lipinski definition) is 2. The van der Waals surface area contributed by atoms with Crippen molar-refractivity contribution >= 4 is 6.08 Å². The molecule has 0 aliphatic heterocycles. The first kappa shape index (κ1) is 15.5. The minimum Gasteiger partial charge on any atom is -0.197 e. The van der Waals surface area contributed by atoms with Gasteiger partial charge in [-0.1, -0.05) is 85.0 Å². The van der Waals surface area contributed by atoms with Crippen molar-refractivity contribution in [2.45, 2.75) is 5.92 Å². The Morgan fingerprint density at radius 1 is 0.917 bits per heavy atom. The van der Waals surface area contributed by atoms with Gasteiger partial charge in [0.1, 0.15) is 5.41 Å². The molecule has 0 heterocycles. The van der Waals surface area contributed by atoms with Crippen LogP contribution in [0.4, 0.5) is 0 Å². The van der Waals surface area contributed by atoms with Crippen LogP contribution in [-0.4, -0.2) is 0 Å². The van der Waals surface area contributed by atoms with Crippen molar-refractivity contribution in [1.29, 1.82) is 10.5 Å². The van der Waals surface area contributed by atoms with Gasteiger partial charge < -0.3 is 0 Å². The summed E-state index contributed by atoms with van der Waals surface area (Å²) in [6.45, 7) is 0. The average Bonchev–Trinajstić information content (AvgIpc) is 2.67. The van der Waals surface area contributed by atoms with Crippen LogP contribution in [0, 0.1) is 28.1 Å². The highest BCUT2D eigenvalue weighted by molar-refractivity contribution is 5.56. The Balaban J connectivity index is 2.06. The van der Waals surface area contributed by atoms with Gasteiger partial charge in [-0.2, -0.15) is 10.5 Å². The van der Waals surface area contributed by atoms with Gasteiger partial charge in [0.05, 0.1) is 17.7 Å². The number of nitrogens with zero attached hydrogens (tertiary/aromatic N) is 2. The van der Waals surface area contributed by atoms with Crippen LogP contribution in [0.2, 0.25) is 0 Å². The minimum absolute atomic E-state index is 0.191. The van der Waals surface area contributed by atoms with E-state index in [-0.39, 0.29) is 5.92 Å². The van der Waals surface area contributed by atoms with Crippen molar-refractivity contribution in [3.8, 4) is 12.1 Å². The molecule has 2 heteroatoms. The molecule has 2 unspecified atom stereocenters. The van der Waals surface area contributed by atoms with Gasteiger partial charge in [-0.05, 0) is 17.2 Å². The Hall–Kier alpha value is -3.36. The second-order valence-electron chi connectivity index (χ2n) is 5.71. The number of benzene rings is 2. The highest BCUT2D eigenvalue weighted by Gasteiger charge is 2.36. The SMILES string of the molecule is N#Cc1ccccc1C1C=CC=CC1(C#N)C=Cc1ccccc1. The second-order valence-corrected chi connectivity index (χ2v) is 5.71. The van der Waals surface area contributed by atoms with E-state index < -0.39 is 5.41 Å². The fourth-order valence-corrected chi connectivity index (χ4v) is 2.99. The summed E-state index contributed by atoms with van der Waals surface area (Å²) in [6.07, 6.45) is 11.6. The highest BCUT2D eigenvalue weighted by Crippen LogP contribution is 2.43. The van der Waals surface area contributed by atoms with E-state index in [1.165, 1.54) is 0 Å². The maximum atomic E-state index is 9.95. The zero-order valence-electron chi connectivity index (χ0n) is 13.1. The number of hydrogen-bond donors (Lipinski definition) is 0. The molecular formula is C22H16N2. The number of rotatable bonds is 3. The molecule has 2 aromatic carbocycles. The molecule has 2 aromatic rings. The topological polar surface area (TPSA) is 47.6 Å². The standard InChI is InChI=1S/C22H16N2/c23-16-19-10-4-5-11-20(19)21-12-6-7-14-22(21,17-24)15-13-18-8-2-1-3-9-18/h1-15,21H. The van der Waals surface area contributed by atoms with Gasteiger partial charge in [0.2, 0.25) is 0 Å².